The monoisotopic (exact) mass is 270 g/mol. The summed E-state index contributed by atoms with van der Waals surface area (Å²) in [4.78, 5) is 0. The van der Waals surface area contributed by atoms with Gasteiger partial charge in [0.2, 0.25) is 0 Å². The van der Waals surface area contributed by atoms with Crippen LogP contribution in [-0.4, -0.2) is 5.11 Å². The third-order valence-electron chi connectivity index (χ3n) is 3.52. The predicted octanol–water partition coefficient (Wildman–Crippen LogP) is 4.16. The lowest BCUT2D eigenvalue weighted by atomic mass is 9.98. The lowest BCUT2D eigenvalue weighted by molar-refractivity contribution is 0.176. The van der Waals surface area contributed by atoms with Crippen LogP contribution in [0, 0.1) is 12.7 Å². The highest BCUT2D eigenvalue weighted by atomic mass is 19.1. The summed E-state index contributed by atoms with van der Waals surface area (Å²) in [7, 11) is 0. The fraction of sp³-hybridized carbons (Fsp3) is 0.176. The molecule has 0 saturated carbocycles. The summed E-state index contributed by atoms with van der Waals surface area (Å²) in [5.74, 6) is 0.382. The second-order valence-electron chi connectivity index (χ2n) is 4.88. The zero-order valence-corrected chi connectivity index (χ0v) is 11.1. The van der Waals surface area contributed by atoms with Crippen molar-refractivity contribution in [2.75, 3.05) is 0 Å². The van der Waals surface area contributed by atoms with E-state index in [4.69, 9.17) is 4.42 Å². The first-order valence-corrected chi connectivity index (χ1v) is 6.56. The fourth-order valence-electron chi connectivity index (χ4n) is 2.58. The van der Waals surface area contributed by atoms with Gasteiger partial charge in [0.15, 0.2) is 0 Å². The number of para-hydroxylation sites is 1. The van der Waals surface area contributed by atoms with E-state index in [9.17, 15) is 9.50 Å². The fourth-order valence-corrected chi connectivity index (χ4v) is 2.58. The van der Waals surface area contributed by atoms with Gasteiger partial charge in [0, 0.05) is 17.4 Å². The molecule has 0 bridgehead atoms. The van der Waals surface area contributed by atoms with Gasteiger partial charge in [0.1, 0.15) is 17.2 Å². The molecular weight excluding hydrogens is 255 g/mol. The second kappa shape index (κ2) is 5.10. The molecule has 0 aliphatic carbocycles. The van der Waals surface area contributed by atoms with Crippen molar-refractivity contribution >= 4 is 11.0 Å². The molecule has 0 spiro atoms. The maximum absolute atomic E-state index is 13.7. The van der Waals surface area contributed by atoms with Crippen molar-refractivity contribution in [3.8, 4) is 0 Å². The van der Waals surface area contributed by atoms with Crippen molar-refractivity contribution in [2.45, 2.75) is 19.4 Å². The van der Waals surface area contributed by atoms with E-state index in [1.54, 1.807) is 18.2 Å². The van der Waals surface area contributed by atoms with Crippen molar-refractivity contribution in [2.24, 2.45) is 0 Å². The maximum Gasteiger partial charge on any atom is 0.134 e. The van der Waals surface area contributed by atoms with Gasteiger partial charge in [-0.2, -0.15) is 0 Å². The average Bonchev–Trinajstić information content (AvgIpc) is 2.77. The van der Waals surface area contributed by atoms with Crippen LogP contribution in [0.4, 0.5) is 4.39 Å². The van der Waals surface area contributed by atoms with Crippen LogP contribution in [0.15, 0.2) is 52.9 Å². The molecule has 102 valence electrons. The quantitative estimate of drug-likeness (QED) is 0.775. The lowest BCUT2D eigenvalue weighted by Crippen LogP contribution is -2.04. The highest BCUT2D eigenvalue weighted by Crippen LogP contribution is 2.32. The van der Waals surface area contributed by atoms with E-state index in [2.05, 4.69) is 0 Å². The molecule has 3 heteroatoms. The van der Waals surface area contributed by atoms with E-state index >= 15 is 0 Å². The highest BCUT2D eigenvalue weighted by Gasteiger charge is 2.19. The molecule has 1 unspecified atom stereocenters. The Labute approximate surface area is 116 Å². The molecule has 1 atom stereocenters. The number of aliphatic hydroxyl groups is 1. The Kier molecular flexibility index (Phi) is 3.28. The molecule has 3 aromatic rings. The summed E-state index contributed by atoms with van der Waals surface area (Å²) in [5.41, 5.74) is 1.99. The lowest BCUT2D eigenvalue weighted by Gasteiger charge is -2.11. The van der Waals surface area contributed by atoms with Crippen molar-refractivity contribution in [1.82, 2.24) is 0 Å². The Morgan fingerprint density at radius 1 is 1.10 bits per heavy atom. The first-order chi connectivity index (χ1) is 9.66. The van der Waals surface area contributed by atoms with Crippen LogP contribution in [0.25, 0.3) is 11.0 Å². The smallest absolute Gasteiger partial charge is 0.134 e. The third kappa shape index (κ3) is 2.21. The van der Waals surface area contributed by atoms with Crippen LogP contribution in [0.3, 0.4) is 0 Å². The molecule has 0 aliphatic heterocycles. The number of rotatable bonds is 3. The van der Waals surface area contributed by atoms with Gasteiger partial charge >= 0.3 is 0 Å². The van der Waals surface area contributed by atoms with E-state index in [0.717, 1.165) is 16.5 Å². The number of hydrogen-bond acceptors (Lipinski definition) is 2. The van der Waals surface area contributed by atoms with E-state index in [-0.39, 0.29) is 12.2 Å². The molecule has 1 heterocycles. The summed E-state index contributed by atoms with van der Waals surface area (Å²) in [6.07, 6.45) is -0.549. The number of aryl methyl sites for hydroxylation is 1. The van der Waals surface area contributed by atoms with Crippen molar-refractivity contribution in [1.29, 1.82) is 0 Å². The van der Waals surface area contributed by atoms with Crippen molar-refractivity contribution in [3.63, 3.8) is 0 Å². The first kappa shape index (κ1) is 12.9. The molecule has 1 aromatic heterocycles. The van der Waals surface area contributed by atoms with Gasteiger partial charge in [-0.15, -0.1) is 0 Å². The van der Waals surface area contributed by atoms with Gasteiger partial charge in [-0.05, 0) is 24.6 Å². The Bertz CT molecular complexity index is 746. The molecule has 0 fully saturated rings. The molecule has 0 saturated heterocycles. The third-order valence-corrected chi connectivity index (χ3v) is 3.52. The highest BCUT2D eigenvalue weighted by molar-refractivity contribution is 5.82. The van der Waals surface area contributed by atoms with Crippen LogP contribution in [0.5, 0.6) is 0 Å². The number of fused-ring (bicyclic) bond motifs is 1. The minimum Gasteiger partial charge on any atom is -0.461 e. The van der Waals surface area contributed by atoms with Gasteiger partial charge in [-0.25, -0.2) is 4.39 Å². The Balaban J connectivity index is 1.99. The average molecular weight is 270 g/mol. The summed E-state index contributed by atoms with van der Waals surface area (Å²) < 4.78 is 19.3. The summed E-state index contributed by atoms with van der Waals surface area (Å²) in [6.45, 7) is 1.82. The number of hydrogen-bond donors (Lipinski definition) is 1. The standard InChI is InChI=1S/C17H15FO2/c1-11-17(13-7-3-5-9-16(13)20-11)15(19)10-12-6-2-4-8-14(12)18/h2-9,15,19H,10H2,1H3. The SMILES string of the molecule is Cc1oc2ccccc2c1C(O)Cc1ccccc1F. The maximum atomic E-state index is 13.7. The van der Waals surface area contributed by atoms with Gasteiger partial charge < -0.3 is 9.52 Å². The Hall–Kier alpha value is -2.13. The molecule has 0 radical (unpaired) electrons. The van der Waals surface area contributed by atoms with Crippen LogP contribution in [0.1, 0.15) is 23.0 Å². The summed E-state index contributed by atoms with van der Waals surface area (Å²) in [6, 6.07) is 14.1. The van der Waals surface area contributed by atoms with Crippen molar-refractivity contribution in [3.05, 3.63) is 71.2 Å². The molecule has 0 amide bonds. The van der Waals surface area contributed by atoms with E-state index in [0.29, 0.717) is 11.3 Å². The Morgan fingerprint density at radius 3 is 2.60 bits per heavy atom. The van der Waals surface area contributed by atoms with Crippen LogP contribution < -0.4 is 0 Å². The molecule has 3 rings (SSSR count). The predicted molar refractivity (Wildman–Crippen MR) is 76.0 cm³/mol. The first-order valence-electron chi connectivity index (χ1n) is 6.56. The number of furan rings is 1. The number of halogens is 1. The minimum absolute atomic E-state index is 0.233. The Morgan fingerprint density at radius 2 is 1.80 bits per heavy atom. The molecule has 2 nitrogen and oxygen atoms in total. The topological polar surface area (TPSA) is 33.4 Å². The van der Waals surface area contributed by atoms with E-state index in [1.807, 2.05) is 31.2 Å². The van der Waals surface area contributed by atoms with Crippen LogP contribution in [0.2, 0.25) is 0 Å². The molecule has 0 aliphatic rings. The van der Waals surface area contributed by atoms with Gasteiger partial charge in [-0.1, -0.05) is 36.4 Å². The normalized spacial score (nSPS) is 12.8. The second-order valence-corrected chi connectivity index (χ2v) is 4.88. The summed E-state index contributed by atoms with van der Waals surface area (Å²) in [5, 5.41) is 11.3. The number of aliphatic hydroxyl groups excluding tert-OH is 1. The van der Waals surface area contributed by atoms with E-state index < -0.39 is 6.10 Å². The molecule has 2 aromatic carbocycles. The van der Waals surface area contributed by atoms with Crippen molar-refractivity contribution < 1.29 is 13.9 Å². The number of benzene rings is 2. The van der Waals surface area contributed by atoms with Crippen LogP contribution in [-0.2, 0) is 6.42 Å². The largest absolute Gasteiger partial charge is 0.461 e. The van der Waals surface area contributed by atoms with Gasteiger partial charge in [0.25, 0.3) is 0 Å². The zero-order chi connectivity index (χ0) is 14.1. The zero-order valence-electron chi connectivity index (χ0n) is 11.1. The minimum atomic E-state index is -0.782. The summed E-state index contributed by atoms with van der Waals surface area (Å²) >= 11 is 0. The molecule has 20 heavy (non-hydrogen) atoms. The van der Waals surface area contributed by atoms with Gasteiger partial charge in [-0.3, -0.25) is 0 Å². The molecular formula is C17H15FO2. The van der Waals surface area contributed by atoms with Crippen LogP contribution >= 0.6 is 0 Å². The molecule has 1 N–H and O–H groups in total. The van der Waals surface area contributed by atoms with Gasteiger partial charge in [0.05, 0.1) is 6.10 Å². The van der Waals surface area contributed by atoms with E-state index in [1.165, 1.54) is 6.07 Å².